The number of benzene rings is 2. The molecule has 0 saturated carbocycles. The summed E-state index contributed by atoms with van der Waals surface area (Å²) in [5.41, 5.74) is 1.29. The summed E-state index contributed by atoms with van der Waals surface area (Å²) < 4.78 is 0. The molecule has 2 N–H and O–H groups in total. The van der Waals surface area contributed by atoms with Crippen molar-refractivity contribution in [1.29, 1.82) is 0 Å². The molecule has 0 aliphatic carbocycles. The molecule has 80 valence electrons. The Morgan fingerprint density at radius 1 is 0.875 bits per heavy atom. The molecule has 0 atom stereocenters. The Morgan fingerprint density at radius 2 is 1.44 bits per heavy atom. The van der Waals surface area contributed by atoms with Gasteiger partial charge in [-0.05, 0) is 24.3 Å². The van der Waals surface area contributed by atoms with Crippen molar-refractivity contribution in [2.75, 3.05) is 0 Å². The van der Waals surface area contributed by atoms with Gasteiger partial charge in [-0.15, -0.1) is 0 Å². The molecule has 0 fully saturated rings. The van der Waals surface area contributed by atoms with Crippen LogP contribution in [-0.2, 0) is 0 Å². The summed E-state index contributed by atoms with van der Waals surface area (Å²) in [6.07, 6.45) is 0. The summed E-state index contributed by atoms with van der Waals surface area (Å²) >= 11 is 0. The van der Waals surface area contributed by atoms with Gasteiger partial charge in [0.2, 0.25) is 0 Å². The first-order valence-corrected chi connectivity index (χ1v) is 4.88. The zero-order valence-corrected chi connectivity index (χ0v) is 8.59. The Bertz CT molecular complexity index is 477. The average molecular weight is 213 g/mol. The minimum atomic E-state index is -0.0100. The van der Waals surface area contributed by atoms with Gasteiger partial charge in [0.1, 0.15) is 5.75 Å². The minimum absolute atomic E-state index is 0.0100. The van der Waals surface area contributed by atoms with Crippen molar-refractivity contribution in [2.45, 2.75) is 0 Å². The predicted molar refractivity (Wildman–Crippen MR) is 61.1 cm³/mol. The van der Waals surface area contributed by atoms with Crippen molar-refractivity contribution in [2.24, 2.45) is 5.90 Å². The highest BCUT2D eigenvalue weighted by molar-refractivity contribution is 6.08. The topological polar surface area (TPSA) is 52.3 Å². The highest BCUT2D eigenvalue weighted by Gasteiger charge is 2.07. The number of nitrogens with two attached hydrogens (primary N) is 1. The summed E-state index contributed by atoms with van der Waals surface area (Å²) in [5, 5.41) is 0. The Balaban J connectivity index is 2.28. The van der Waals surface area contributed by atoms with Crippen LogP contribution in [0.2, 0.25) is 0 Å². The fourth-order valence-electron chi connectivity index (χ4n) is 1.44. The fourth-order valence-corrected chi connectivity index (χ4v) is 1.44. The van der Waals surface area contributed by atoms with Crippen LogP contribution in [0.1, 0.15) is 15.9 Å². The van der Waals surface area contributed by atoms with E-state index in [1.807, 2.05) is 18.2 Å². The molecule has 2 aromatic rings. The maximum Gasteiger partial charge on any atom is 0.193 e. The van der Waals surface area contributed by atoms with Gasteiger partial charge in [-0.1, -0.05) is 30.3 Å². The van der Waals surface area contributed by atoms with Gasteiger partial charge in [0.05, 0.1) is 0 Å². The van der Waals surface area contributed by atoms with E-state index in [4.69, 9.17) is 5.90 Å². The van der Waals surface area contributed by atoms with Crippen molar-refractivity contribution >= 4 is 5.78 Å². The molecular formula is C13H11NO2. The zero-order chi connectivity index (χ0) is 11.4. The second-order valence-electron chi connectivity index (χ2n) is 3.34. The van der Waals surface area contributed by atoms with Crippen molar-refractivity contribution in [1.82, 2.24) is 0 Å². The molecule has 2 aromatic carbocycles. The largest absolute Gasteiger partial charge is 0.412 e. The predicted octanol–water partition coefficient (Wildman–Crippen LogP) is 2.17. The summed E-state index contributed by atoms with van der Waals surface area (Å²) in [7, 11) is 0. The Labute approximate surface area is 93.4 Å². The van der Waals surface area contributed by atoms with E-state index in [2.05, 4.69) is 4.84 Å². The molecule has 0 spiro atoms. The van der Waals surface area contributed by atoms with E-state index in [0.717, 1.165) is 0 Å². The van der Waals surface area contributed by atoms with Crippen molar-refractivity contribution < 1.29 is 9.63 Å². The third kappa shape index (κ3) is 2.10. The fraction of sp³-hybridized carbons (Fsp3) is 0. The van der Waals surface area contributed by atoms with Crippen LogP contribution in [0.5, 0.6) is 5.75 Å². The second-order valence-corrected chi connectivity index (χ2v) is 3.34. The van der Waals surface area contributed by atoms with E-state index in [1.54, 1.807) is 36.4 Å². The highest BCUT2D eigenvalue weighted by atomic mass is 16.6. The third-order valence-corrected chi connectivity index (χ3v) is 2.29. The van der Waals surface area contributed by atoms with Gasteiger partial charge in [0, 0.05) is 11.1 Å². The lowest BCUT2D eigenvalue weighted by Gasteiger charge is -2.02. The van der Waals surface area contributed by atoms with Crippen LogP contribution < -0.4 is 10.7 Å². The lowest BCUT2D eigenvalue weighted by molar-refractivity contribution is 0.103. The van der Waals surface area contributed by atoms with E-state index < -0.39 is 0 Å². The molecule has 3 heteroatoms. The van der Waals surface area contributed by atoms with E-state index in [-0.39, 0.29) is 5.78 Å². The molecule has 0 bridgehead atoms. The second kappa shape index (κ2) is 4.59. The van der Waals surface area contributed by atoms with Gasteiger partial charge in [0.15, 0.2) is 5.78 Å². The van der Waals surface area contributed by atoms with Crippen molar-refractivity contribution in [3.63, 3.8) is 0 Å². The summed E-state index contributed by atoms with van der Waals surface area (Å²) in [6, 6.07) is 15.8. The van der Waals surface area contributed by atoms with Crippen LogP contribution in [-0.4, -0.2) is 5.78 Å². The maximum absolute atomic E-state index is 12.0. The molecule has 0 radical (unpaired) electrons. The average Bonchev–Trinajstić information content (AvgIpc) is 2.39. The number of rotatable bonds is 3. The SMILES string of the molecule is NOc1ccc(C(=O)c2ccccc2)cc1. The van der Waals surface area contributed by atoms with Gasteiger partial charge in [-0.3, -0.25) is 4.79 Å². The smallest absolute Gasteiger partial charge is 0.193 e. The van der Waals surface area contributed by atoms with Crippen LogP contribution >= 0.6 is 0 Å². The molecule has 0 amide bonds. The quantitative estimate of drug-likeness (QED) is 0.628. The number of carbonyl (C=O) groups excluding carboxylic acids is 1. The molecule has 0 aliphatic rings. The standard InChI is InChI=1S/C13H11NO2/c14-16-12-8-6-11(7-9-12)13(15)10-4-2-1-3-5-10/h1-9H,14H2. The van der Waals surface area contributed by atoms with Crippen LogP contribution in [0.25, 0.3) is 0 Å². The molecular weight excluding hydrogens is 202 g/mol. The zero-order valence-electron chi connectivity index (χ0n) is 8.59. The van der Waals surface area contributed by atoms with Gasteiger partial charge in [-0.2, -0.15) is 5.90 Å². The van der Waals surface area contributed by atoms with Crippen molar-refractivity contribution in [3.05, 3.63) is 65.7 Å². The van der Waals surface area contributed by atoms with E-state index in [0.29, 0.717) is 16.9 Å². The lowest BCUT2D eigenvalue weighted by Crippen LogP contribution is -2.03. The number of hydrogen-bond donors (Lipinski definition) is 1. The van der Waals surface area contributed by atoms with Crippen molar-refractivity contribution in [3.8, 4) is 5.75 Å². The highest BCUT2D eigenvalue weighted by Crippen LogP contribution is 2.14. The molecule has 2 rings (SSSR count). The van der Waals surface area contributed by atoms with Gasteiger partial charge in [-0.25, -0.2) is 0 Å². The number of hydrogen-bond acceptors (Lipinski definition) is 3. The third-order valence-electron chi connectivity index (χ3n) is 2.29. The van der Waals surface area contributed by atoms with E-state index in [9.17, 15) is 4.79 Å². The van der Waals surface area contributed by atoms with Crippen LogP contribution in [0.4, 0.5) is 0 Å². The van der Waals surface area contributed by atoms with Gasteiger partial charge >= 0.3 is 0 Å². The Hall–Kier alpha value is -2.13. The lowest BCUT2D eigenvalue weighted by atomic mass is 10.0. The number of carbonyl (C=O) groups is 1. The monoisotopic (exact) mass is 213 g/mol. The Kier molecular flexibility index (Phi) is 2.98. The Morgan fingerprint density at radius 3 is 2.00 bits per heavy atom. The molecule has 16 heavy (non-hydrogen) atoms. The summed E-state index contributed by atoms with van der Waals surface area (Å²) in [4.78, 5) is 16.5. The molecule has 3 nitrogen and oxygen atoms in total. The normalized spacial score (nSPS) is 9.81. The molecule has 0 aromatic heterocycles. The first-order chi connectivity index (χ1) is 7.81. The van der Waals surface area contributed by atoms with E-state index >= 15 is 0 Å². The first-order valence-electron chi connectivity index (χ1n) is 4.88. The summed E-state index contributed by atoms with van der Waals surface area (Å²) in [6.45, 7) is 0. The van der Waals surface area contributed by atoms with E-state index in [1.165, 1.54) is 0 Å². The first kappa shape index (κ1) is 10.4. The van der Waals surface area contributed by atoms with Gasteiger partial charge < -0.3 is 4.84 Å². The van der Waals surface area contributed by atoms with Crippen LogP contribution in [0.15, 0.2) is 54.6 Å². The molecule has 0 aliphatic heterocycles. The summed E-state index contributed by atoms with van der Waals surface area (Å²) in [5.74, 6) is 5.52. The molecule has 0 heterocycles. The maximum atomic E-state index is 12.0. The molecule has 0 saturated heterocycles. The molecule has 0 unspecified atom stereocenters. The van der Waals surface area contributed by atoms with Crippen LogP contribution in [0.3, 0.4) is 0 Å². The minimum Gasteiger partial charge on any atom is -0.412 e. The number of ketones is 1. The van der Waals surface area contributed by atoms with Crippen LogP contribution in [0, 0.1) is 0 Å². The van der Waals surface area contributed by atoms with Gasteiger partial charge in [0.25, 0.3) is 0 Å².